The van der Waals surface area contributed by atoms with Crippen LogP contribution < -0.4 is 0 Å². The largest absolute Gasteiger partial charge is 0.465 e. The molecule has 1 heterocycles. The summed E-state index contributed by atoms with van der Waals surface area (Å²) in [4.78, 5) is 36.6. The molecule has 0 N–H and O–H groups in total. The van der Waals surface area contributed by atoms with Gasteiger partial charge in [0.05, 0.1) is 12.7 Å². The van der Waals surface area contributed by atoms with Crippen LogP contribution in [0.15, 0.2) is 24.3 Å². The van der Waals surface area contributed by atoms with Gasteiger partial charge in [0, 0.05) is 13.8 Å². The van der Waals surface area contributed by atoms with Crippen molar-refractivity contribution in [2.45, 2.75) is 45.8 Å². The van der Waals surface area contributed by atoms with Crippen LogP contribution in [0.4, 0.5) is 0 Å². The van der Waals surface area contributed by atoms with Gasteiger partial charge in [0.1, 0.15) is 0 Å². The molecule has 0 saturated carbocycles. The van der Waals surface area contributed by atoms with Crippen LogP contribution in [0, 0.1) is 5.41 Å². The molecule has 0 amide bonds. The molecule has 1 fully saturated rings. The van der Waals surface area contributed by atoms with Crippen molar-refractivity contribution in [3.05, 3.63) is 35.4 Å². The van der Waals surface area contributed by atoms with E-state index < -0.39 is 29.1 Å². The van der Waals surface area contributed by atoms with Gasteiger partial charge in [0.25, 0.3) is 5.79 Å². The molecule has 0 aliphatic carbocycles. The third kappa shape index (κ3) is 3.42. The third-order valence-corrected chi connectivity index (χ3v) is 4.02. The van der Waals surface area contributed by atoms with Gasteiger partial charge in [-0.05, 0) is 30.5 Å². The van der Waals surface area contributed by atoms with Gasteiger partial charge in [-0.1, -0.05) is 25.5 Å². The van der Waals surface area contributed by atoms with Crippen molar-refractivity contribution in [1.29, 1.82) is 0 Å². The molecule has 0 unspecified atom stereocenters. The van der Waals surface area contributed by atoms with Crippen molar-refractivity contribution in [1.82, 2.24) is 0 Å². The smallest absolute Gasteiger partial charge is 0.337 e. The second-order valence-corrected chi connectivity index (χ2v) is 6.38. The SMILES string of the molecule is CCCC1(Cc2ccc(C(=O)OC)cc2)C(=O)OC(C)(C)OC1=O. The predicted molar refractivity (Wildman–Crippen MR) is 85.1 cm³/mol. The quantitative estimate of drug-likeness (QED) is 0.608. The summed E-state index contributed by atoms with van der Waals surface area (Å²) in [7, 11) is 1.31. The maximum Gasteiger partial charge on any atom is 0.337 e. The first-order chi connectivity index (χ1) is 11.2. The zero-order chi connectivity index (χ0) is 18.0. The van der Waals surface area contributed by atoms with Gasteiger partial charge in [-0.3, -0.25) is 9.59 Å². The summed E-state index contributed by atoms with van der Waals surface area (Å²) in [5.74, 6) is -2.83. The van der Waals surface area contributed by atoms with Gasteiger partial charge in [-0.15, -0.1) is 0 Å². The molecule has 1 aromatic rings. The highest BCUT2D eigenvalue weighted by Gasteiger charge is 2.55. The van der Waals surface area contributed by atoms with E-state index in [0.29, 0.717) is 18.4 Å². The van der Waals surface area contributed by atoms with Crippen molar-refractivity contribution in [3.63, 3.8) is 0 Å². The second-order valence-electron chi connectivity index (χ2n) is 6.38. The Kier molecular flexibility index (Phi) is 4.96. The summed E-state index contributed by atoms with van der Waals surface area (Å²) in [5.41, 5.74) is -0.206. The van der Waals surface area contributed by atoms with Crippen molar-refractivity contribution < 1.29 is 28.6 Å². The fraction of sp³-hybridized carbons (Fsp3) is 0.500. The number of ether oxygens (including phenoxy) is 3. The molecule has 1 aliphatic rings. The third-order valence-electron chi connectivity index (χ3n) is 4.02. The van der Waals surface area contributed by atoms with E-state index in [0.717, 1.165) is 5.56 Å². The van der Waals surface area contributed by atoms with Gasteiger partial charge >= 0.3 is 17.9 Å². The van der Waals surface area contributed by atoms with Crippen LogP contribution in [0.3, 0.4) is 0 Å². The van der Waals surface area contributed by atoms with E-state index in [1.54, 1.807) is 24.3 Å². The van der Waals surface area contributed by atoms with Crippen LogP contribution in [-0.4, -0.2) is 30.8 Å². The summed E-state index contributed by atoms with van der Waals surface area (Å²) in [6.07, 6.45) is 1.13. The van der Waals surface area contributed by atoms with Gasteiger partial charge in [-0.2, -0.15) is 0 Å². The van der Waals surface area contributed by atoms with Gasteiger partial charge in [-0.25, -0.2) is 4.79 Å². The number of hydrogen-bond acceptors (Lipinski definition) is 6. The fourth-order valence-corrected chi connectivity index (χ4v) is 2.83. The van der Waals surface area contributed by atoms with Gasteiger partial charge in [0.15, 0.2) is 5.41 Å². The first kappa shape index (κ1) is 18.0. The zero-order valence-electron chi connectivity index (χ0n) is 14.4. The molecular formula is C18H22O6. The molecule has 0 aromatic heterocycles. The molecular weight excluding hydrogens is 312 g/mol. The molecule has 0 radical (unpaired) electrons. The number of cyclic esters (lactones) is 2. The molecule has 6 heteroatoms. The lowest BCUT2D eigenvalue weighted by Crippen LogP contribution is -2.54. The minimum atomic E-state index is -1.35. The first-order valence-corrected chi connectivity index (χ1v) is 7.88. The van der Waals surface area contributed by atoms with E-state index in [4.69, 9.17) is 9.47 Å². The predicted octanol–water partition coefficient (Wildman–Crippen LogP) is 2.64. The van der Waals surface area contributed by atoms with Crippen molar-refractivity contribution in [2.75, 3.05) is 7.11 Å². The van der Waals surface area contributed by atoms with Crippen molar-refractivity contribution in [3.8, 4) is 0 Å². The Morgan fingerprint density at radius 2 is 1.62 bits per heavy atom. The number of carbonyl (C=O) groups excluding carboxylic acids is 3. The molecule has 130 valence electrons. The lowest BCUT2D eigenvalue weighted by molar-refractivity contribution is -0.251. The Morgan fingerprint density at radius 1 is 1.08 bits per heavy atom. The van der Waals surface area contributed by atoms with Crippen LogP contribution in [0.1, 0.15) is 49.5 Å². The van der Waals surface area contributed by atoms with Crippen LogP contribution >= 0.6 is 0 Å². The van der Waals surface area contributed by atoms with Crippen molar-refractivity contribution in [2.24, 2.45) is 5.41 Å². The standard InChI is InChI=1S/C18H22O6/c1-5-10-18(15(20)23-17(2,3)24-16(18)21)11-12-6-8-13(9-7-12)14(19)22-4/h6-9H,5,10-11H2,1-4H3. The topological polar surface area (TPSA) is 78.9 Å². The Bertz CT molecular complexity index is 624. The van der Waals surface area contributed by atoms with Crippen molar-refractivity contribution >= 4 is 17.9 Å². The van der Waals surface area contributed by atoms with E-state index in [9.17, 15) is 14.4 Å². The Hall–Kier alpha value is -2.37. The van der Waals surface area contributed by atoms with Gasteiger partial charge in [0.2, 0.25) is 0 Å². The Morgan fingerprint density at radius 3 is 2.08 bits per heavy atom. The molecule has 0 bridgehead atoms. The molecule has 0 spiro atoms. The van der Waals surface area contributed by atoms with E-state index in [1.165, 1.54) is 21.0 Å². The maximum absolute atomic E-state index is 12.6. The van der Waals surface area contributed by atoms with Crippen LogP contribution in [0.5, 0.6) is 0 Å². The second kappa shape index (κ2) is 6.63. The summed E-state index contributed by atoms with van der Waals surface area (Å²) in [5, 5.41) is 0. The Balaban J connectivity index is 2.30. The summed E-state index contributed by atoms with van der Waals surface area (Å²) >= 11 is 0. The van der Waals surface area contributed by atoms with Crippen LogP contribution in [0.25, 0.3) is 0 Å². The van der Waals surface area contributed by atoms with Crippen LogP contribution in [0.2, 0.25) is 0 Å². The number of hydrogen-bond donors (Lipinski definition) is 0. The molecule has 1 aromatic carbocycles. The minimum Gasteiger partial charge on any atom is -0.465 e. The number of carbonyl (C=O) groups is 3. The van der Waals surface area contributed by atoms with Crippen LogP contribution in [-0.2, 0) is 30.2 Å². The molecule has 24 heavy (non-hydrogen) atoms. The molecule has 6 nitrogen and oxygen atoms in total. The zero-order valence-corrected chi connectivity index (χ0v) is 14.4. The lowest BCUT2D eigenvalue weighted by atomic mass is 9.77. The summed E-state index contributed by atoms with van der Waals surface area (Å²) in [6, 6.07) is 6.60. The molecule has 1 aliphatic heterocycles. The number of methoxy groups -OCH3 is 1. The molecule has 0 atom stereocenters. The van der Waals surface area contributed by atoms with E-state index >= 15 is 0 Å². The van der Waals surface area contributed by atoms with E-state index in [2.05, 4.69) is 4.74 Å². The fourth-order valence-electron chi connectivity index (χ4n) is 2.83. The monoisotopic (exact) mass is 334 g/mol. The molecule has 1 saturated heterocycles. The summed E-state index contributed by atoms with van der Waals surface area (Å²) in [6.45, 7) is 4.95. The highest BCUT2D eigenvalue weighted by atomic mass is 16.7. The Labute approximate surface area is 141 Å². The minimum absolute atomic E-state index is 0.163. The highest BCUT2D eigenvalue weighted by molar-refractivity contribution is 6.02. The number of esters is 3. The lowest BCUT2D eigenvalue weighted by Gasteiger charge is -2.40. The average molecular weight is 334 g/mol. The number of rotatable bonds is 5. The van der Waals surface area contributed by atoms with Gasteiger partial charge < -0.3 is 14.2 Å². The highest BCUT2D eigenvalue weighted by Crippen LogP contribution is 2.39. The normalized spacial score (nSPS) is 18.5. The first-order valence-electron chi connectivity index (χ1n) is 7.88. The van der Waals surface area contributed by atoms with E-state index in [-0.39, 0.29) is 6.42 Å². The average Bonchev–Trinajstić information content (AvgIpc) is 2.52. The number of benzene rings is 1. The maximum atomic E-state index is 12.6. The molecule has 2 rings (SSSR count). The summed E-state index contributed by atoms with van der Waals surface area (Å²) < 4.78 is 15.3. The van der Waals surface area contributed by atoms with E-state index in [1.807, 2.05) is 6.92 Å².